The molecule has 8 rings (SSSR count). The fraction of sp³-hybridized carbons (Fsp3) is 0.314. The van der Waals surface area contributed by atoms with E-state index in [1.807, 2.05) is 30.3 Å². The average molecular weight is 581 g/mol. The summed E-state index contributed by atoms with van der Waals surface area (Å²) in [5.41, 5.74) is 6.47. The highest BCUT2D eigenvalue weighted by Crippen LogP contribution is 2.51. The molecule has 0 aliphatic carbocycles. The van der Waals surface area contributed by atoms with E-state index < -0.39 is 0 Å². The van der Waals surface area contributed by atoms with Gasteiger partial charge in [0.15, 0.2) is 34.5 Å². The van der Waals surface area contributed by atoms with Crippen molar-refractivity contribution in [2.45, 2.75) is 37.8 Å². The van der Waals surface area contributed by atoms with Crippen LogP contribution in [-0.4, -0.2) is 49.5 Å². The van der Waals surface area contributed by atoms with Crippen molar-refractivity contribution in [1.29, 1.82) is 0 Å². The van der Waals surface area contributed by atoms with Crippen LogP contribution < -0.4 is 24.3 Å². The van der Waals surface area contributed by atoms with Gasteiger partial charge in [0, 0.05) is 24.2 Å². The van der Waals surface area contributed by atoms with Crippen molar-refractivity contribution in [1.82, 2.24) is 10.2 Å². The lowest BCUT2D eigenvalue weighted by Crippen LogP contribution is -2.34. The molecule has 0 amide bonds. The fourth-order valence-electron chi connectivity index (χ4n) is 6.68. The van der Waals surface area contributed by atoms with E-state index in [1.165, 1.54) is 5.56 Å². The van der Waals surface area contributed by atoms with Gasteiger partial charge in [0.1, 0.15) is 5.75 Å². The Labute approximate surface area is 251 Å². The third kappa shape index (κ3) is 5.00. The molecule has 4 heterocycles. The van der Waals surface area contributed by atoms with Crippen molar-refractivity contribution in [2.24, 2.45) is 0 Å². The molecule has 4 aliphatic heterocycles. The van der Waals surface area contributed by atoms with Gasteiger partial charge in [0.05, 0.1) is 14.2 Å². The Balaban J connectivity index is 1.44. The summed E-state index contributed by atoms with van der Waals surface area (Å²) in [5.74, 6) is 3.01. The first-order valence-corrected chi connectivity index (χ1v) is 14.8. The van der Waals surface area contributed by atoms with Crippen LogP contribution in [0.1, 0.15) is 45.5 Å². The molecule has 0 saturated heterocycles. The number of hydrogen-bond acceptors (Lipinski definition) is 8. The molecule has 4 aromatic carbocycles. The van der Waals surface area contributed by atoms with Gasteiger partial charge in [-0.25, -0.2) is 0 Å². The van der Waals surface area contributed by atoms with Gasteiger partial charge in [-0.05, 0) is 110 Å². The molecule has 4 aromatic rings. The zero-order valence-corrected chi connectivity index (χ0v) is 24.6. The van der Waals surface area contributed by atoms with Gasteiger partial charge in [0.2, 0.25) is 5.75 Å². The van der Waals surface area contributed by atoms with Crippen LogP contribution >= 0.6 is 0 Å². The predicted octanol–water partition coefficient (Wildman–Crippen LogP) is 6.21. The standard InChI is InChI=1S/C35H36N2O6/c1-37-13-11-23-18-32(41-3)34(39)35-33(23)27(37)15-21-6-9-28(38)29(16-21)42-24-7-4-20(5-8-24)14-26-25-19-31(43-35)30(40-2)17-22(25)10-12-36-26/h4-9,16-19,26-27,36,38-39H,10-15H2,1-3H3/t26-,27-/m0/s1. The smallest absolute Gasteiger partial charge is 0.201 e. The summed E-state index contributed by atoms with van der Waals surface area (Å²) in [6, 6.07) is 19.5. The van der Waals surface area contributed by atoms with Crippen molar-refractivity contribution >= 4 is 0 Å². The van der Waals surface area contributed by atoms with Crippen LogP contribution in [0.2, 0.25) is 0 Å². The Hall–Kier alpha value is -4.40. The molecule has 2 atom stereocenters. The molecule has 8 nitrogen and oxygen atoms in total. The van der Waals surface area contributed by atoms with E-state index in [-0.39, 0.29) is 23.6 Å². The number of aromatic hydroxyl groups is 2. The van der Waals surface area contributed by atoms with Gasteiger partial charge in [-0.3, -0.25) is 4.90 Å². The van der Waals surface area contributed by atoms with E-state index in [1.54, 1.807) is 20.3 Å². The number of ether oxygens (including phenoxy) is 4. The number of nitrogens with one attached hydrogen (secondary N) is 1. The highest BCUT2D eigenvalue weighted by molar-refractivity contribution is 5.63. The summed E-state index contributed by atoms with van der Waals surface area (Å²) in [7, 11) is 5.29. The fourth-order valence-corrected chi connectivity index (χ4v) is 6.68. The van der Waals surface area contributed by atoms with E-state index in [9.17, 15) is 10.2 Å². The number of nitrogens with zero attached hydrogens (tertiary/aromatic N) is 1. The maximum absolute atomic E-state index is 11.5. The molecule has 0 radical (unpaired) electrons. The summed E-state index contributed by atoms with van der Waals surface area (Å²) >= 11 is 0. The van der Waals surface area contributed by atoms with Crippen LogP contribution in [0.3, 0.4) is 0 Å². The molecule has 0 aromatic heterocycles. The quantitative estimate of drug-likeness (QED) is 0.258. The van der Waals surface area contributed by atoms with Gasteiger partial charge in [-0.15, -0.1) is 0 Å². The SMILES string of the molecule is COc1cc2c3cc1Oc1c(O)c(OC)cc4c1[C@H](Cc1ccc(O)c(c1)Oc1ccc(cc1)C[C@@H]3NCC2)N(C)CC4. The number of likely N-dealkylation sites (N-methyl/N-ethyl adjacent to an activating group) is 1. The third-order valence-electron chi connectivity index (χ3n) is 9.01. The molecule has 6 bridgehead atoms. The minimum Gasteiger partial charge on any atom is -0.504 e. The van der Waals surface area contributed by atoms with Gasteiger partial charge in [-0.2, -0.15) is 0 Å². The summed E-state index contributed by atoms with van der Waals surface area (Å²) < 4.78 is 24.4. The molecule has 3 N–H and O–H groups in total. The first kappa shape index (κ1) is 27.4. The Morgan fingerprint density at radius 2 is 1.58 bits per heavy atom. The normalized spacial score (nSPS) is 19.3. The van der Waals surface area contributed by atoms with E-state index >= 15 is 0 Å². The van der Waals surface area contributed by atoms with E-state index in [0.29, 0.717) is 40.9 Å². The second kappa shape index (κ2) is 11.0. The molecule has 0 unspecified atom stereocenters. The number of phenolic OH excluding ortho intramolecular Hbond substituents is 2. The van der Waals surface area contributed by atoms with Gasteiger partial charge in [0.25, 0.3) is 0 Å². The zero-order valence-electron chi connectivity index (χ0n) is 24.6. The van der Waals surface area contributed by atoms with E-state index in [0.717, 1.165) is 60.2 Å². The van der Waals surface area contributed by atoms with Crippen LogP contribution in [-0.2, 0) is 25.7 Å². The summed E-state index contributed by atoms with van der Waals surface area (Å²) in [6.07, 6.45) is 3.03. The number of fused-ring (bicyclic) bond motifs is 2. The van der Waals surface area contributed by atoms with Crippen LogP contribution in [0, 0.1) is 0 Å². The molecule has 4 aliphatic rings. The highest BCUT2D eigenvalue weighted by Gasteiger charge is 2.33. The second-order valence-electron chi connectivity index (χ2n) is 11.6. The minimum absolute atomic E-state index is 0.0420. The van der Waals surface area contributed by atoms with Gasteiger partial charge >= 0.3 is 0 Å². The Kier molecular flexibility index (Phi) is 7.03. The lowest BCUT2D eigenvalue weighted by Gasteiger charge is -2.36. The molecular weight excluding hydrogens is 544 g/mol. The molecule has 43 heavy (non-hydrogen) atoms. The predicted molar refractivity (Wildman–Crippen MR) is 163 cm³/mol. The number of rotatable bonds is 2. The van der Waals surface area contributed by atoms with Crippen LogP contribution in [0.4, 0.5) is 0 Å². The Morgan fingerprint density at radius 1 is 0.814 bits per heavy atom. The maximum Gasteiger partial charge on any atom is 0.201 e. The largest absolute Gasteiger partial charge is 0.504 e. The van der Waals surface area contributed by atoms with Gasteiger partial charge in [-0.1, -0.05) is 18.2 Å². The summed E-state index contributed by atoms with van der Waals surface area (Å²) in [4.78, 5) is 2.27. The summed E-state index contributed by atoms with van der Waals surface area (Å²) in [5, 5.41) is 25.9. The van der Waals surface area contributed by atoms with Crippen molar-refractivity contribution in [3.8, 4) is 46.0 Å². The number of benzene rings is 4. The van der Waals surface area contributed by atoms with Crippen molar-refractivity contribution in [3.05, 3.63) is 94.0 Å². The molecule has 0 saturated carbocycles. The van der Waals surface area contributed by atoms with Gasteiger partial charge < -0.3 is 34.5 Å². The van der Waals surface area contributed by atoms with Crippen molar-refractivity contribution in [2.75, 3.05) is 34.4 Å². The maximum atomic E-state index is 11.5. The van der Waals surface area contributed by atoms with Crippen LogP contribution in [0.25, 0.3) is 0 Å². The molecule has 8 heteroatoms. The van der Waals surface area contributed by atoms with Crippen LogP contribution in [0.5, 0.6) is 46.0 Å². The van der Waals surface area contributed by atoms with Crippen molar-refractivity contribution < 1.29 is 29.2 Å². The highest BCUT2D eigenvalue weighted by atomic mass is 16.5. The lowest BCUT2D eigenvalue weighted by molar-refractivity contribution is 0.221. The lowest BCUT2D eigenvalue weighted by atomic mass is 9.87. The topological polar surface area (TPSA) is 92.7 Å². The number of hydrogen-bond donors (Lipinski definition) is 3. The third-order valence-corrected chi connectivity index (χ3v) is 9.01. The Bertz CT molecular complexity index is 1690. The van der Waals surface area contributed by atoms with Crippen molar-refractivity contribution in [3.63, 3.8) is 0 Å². The molecule has 222 valence electrons. The monoisotopic (exact) mass is 580 g/mol. The minimum atomic E-state index is -0.121. The number of phenols is 2. The Morgan fingerprint density at radius 3 is 2.37 bits per heavy atom. The first-order valence-electron chi connectivity index (χ1n) is 14.8. The average Bonchev–Trinajstić information content (AvgIpc) is 3.01. The zero-order chi connectivity index (χ0) is 29.7. The van der Waals surface area contributed by atoms with E-state index in [2.05, 4.69) is 41.5 Å². The molecule has 0 fully saturated rings. The molecule has 0 spiro atoms. The summed E-state index contributed by atoms with van der Waals surface area (Å²) in [6.45, 7) is 1.68. The number of methoxy groups -OCH3 is 2. The molecular formula is C35H36N2O6. The van der Waals surface area contributed by atoms with E-state index in [4.69, 9.17) is 18.9 Å². The van der Waals surface area contributed by atoms with Crippen LogP contribution in [0.15, 0.2) is 60.7 Å². The second-order valence-corrected chi connectivity index (χ2v) is 11.6. The first-order chi connectivity index (χ1) is 20.9.